The lowest BCUT2D eigenvalue weighted by Crippen LogP contribution is -2.47. The van der Waals surface area contributed by atoms with Crippen LogP contribution in [0.4, 0.5) is 11.8 Å². The quantitative estimate of drug-likeness (QED) is 0.263. The number of aromatic nitrogens is 3. The zero-order valence-corrected chi connectivity index (χ0v) is 28.1. The molecule has 6 rings (SSSR count). The fourth-order valence-corrected chi connectivity index (χ4v) is 6.20. The van der Waals surface area contributed by atoms with Gasteiger partial charge in [-0.3, -0.25) is 9.69 Å². The van der Waals surface area contributed by atoms with Crippen molar-refractivity contribution in [3.63, 3.8) is 0 Å². The van der Waals surface area contributed by atoms with Crippen LogP contribution in [-0.4, -0.2) is 107 Å². The first kappa shape index (κ1) is 34.1. The number of nitrogens with zero attached hydrogens (tertiary/aromatic N) is 6. The first-order chi connectivity index (χ1) is 21.9. The Bertz CT molecular complexity index is 1470. The van der Waals surface area contributed by atoms with Crippen molar-refractivity contribution in [2.75, 3.05) is 69.2 Å². The Kier molecular flexibility index (Phi) is 11.5. The van der Waals surface area contributed by atoms with Gasteiger partial charge in [-0.1, -0.05) is 13.0 Å². The van der Waals surface area contributed by atoms with E-state index < -0.39 is 6.10 Å². The van der Waals surface area contributed by atoms with Gasteiger partial charge >= 0.3 is 0 Å². The number of likely N-dealkylation sites (N-methyl/N-ethyl adjacent to an activating group) is 1. The molecule has 2 saturated heterocycles. The molecule has 1 atom stereocenters. The van der Waals surface area contributed by atoms with Crippen molar-refractivity contribution >= 4 is 31.0 Å². The summed E-state index contributed by atoms with van der Waals surface area (Å²) in [5, 5.41) is 14.3. The summed E-state index contributed by atoms with van der Waals surface area (Å²) in [5.74, 6) is 2.75. The summed E-state index contributed by atoms with van der Waals surface area (Å²) in [4.78, 5) is 33.7. The Morgan fingerprint density at radius 1 is 1.13 bits per heavy atom. The Labute approximate surface area is 277 Å². The number of anilines is 2. The van der Waals surface area contributed by atoms with Crippen LogP contribution in [0.25, 0.3) is 0 Å². The minimum atomic E-state index is -0.613. The average Bonchev–Trinajstić information content (AvgIpc) is 3.45. The third-order valence-electron chi connectivity index (χ3n) is 9.19. The minimum absolute atomic E-state index is 0. The lowest BCUT2D eigenvalue weighted by molar-refractivity contribution is 0.0209. The molecular weight excluding hydrogens is 606 g/mol. The van der Waals surface area contributed by atoms with Crippen LogP contribution in [0, 0.1) is 13.8 Å². The van der Waals surface area contributed by atoms with Crippen molar-refractivity contribution in [2.45, 2.75) is 65.3 Å². The zero-order chi connectivity index (χ0) is 31.3. The van der Waals surface area contributed by atoms with Gasteiger partial charge in [0.15, 0.2) is 17.9 Å². The van der Waals surface area contributed by atoms with Crippen molar-refractivity contribution in [1.82, 2.24) is 24.8 Å². The van der Waals surface area contributed by atoms with Gasteiger partial charge in [0.25, 0.3) is 0 Å². The number of nitrogens with one attached hydrogen (secondary N) is 1. The van der Waals surface area contributed by atoms with Crippen LogP contribution in [0.5, 0.6) is 5.75 Å². The highest BCUT2D eigenvalue weighted by atomic mass is 32.1. The first-order valence-electron chi connectivity index (χ1n) is 16.1. The van der Waals surface area contributed by atoms with Gasteiger partial charge in [0.05, 0.1) is 31.1 Å². The van der Waals surface area contributed by atoms with Gasteiger partial charge in [-0.25, -0.2) is 9.97 Å². The monoisotopic (exact) mass is 653 g/mol. The van der Waals surface area contributed by atoms with E-state index in [1.807, 2.05) is 13.0 Å². The summed E-state index contributed by atoms with van der Waals surface area (Å²) in [7, 11) is 0. The number of benzene rings is 1. The molecule has 0 saturated carbocycles. The van der Waals surface area contributed by atoms with E-state index in [0.29, 0.717) is 50.2 Å². The molecule has 3 aliphatic rings. The molecule has 2 N–H and O–H groups in total. The second-order valence-electron chi connectivity index (χ2n) is 12.3. The molecule has 1 aromatic carbocycles. The van der Waals surface area contributed by atoms with Crippen LogP contribution in [0.3, 0.4) is 0 Å². The molecule has 2 fully saturated rings. The van der Waals surface area contributed by atoms with Crippen LogP contribution < -0.4 is 15.0 Å². The number of β-amino-alcohol motifs (C(OH)–C–C–N with tert-alkyl or cyclic N) is 1. The predicted octanol–water partition coefficient (Wildman–Crippen LogP) is 3.11. The summed E-state index contributed by atoms with van der Waals surface area (Å²) in [6.07, 6.45) is 2.31. The molecule has 0 aliphatic carbocycles. The molecule has 0 radical (unpaired) electrons. The number of aliphatic hydroxyl groups excluding tert-OH is 1. The summed E-state index contributed by atoms with van der Waals surface area (Å²) in [6.45, 7) is 14.5. The van der Waals surface area contributed by atoms with E-state index in [1.165, 1.54) is 17.5 Å². The summed E-state index contributed by atoms with van der Waals surface area (Å²) in [6, 6.07) is 6.06. The van der Waals surface area contributed by atoms with Crippen molar-refractivity contribution in [1.29, 1.82) is 0 Å². The maximum Gasteiger partial charge on any atom is 0.228 e. The van der Waals surface area contributed by atoms with Crippen molar-refractivity contribution in [2.24, 2.45) is 0 Å². The number of Topliss-reactive ketones (excluding diaryl/α,β-unsaturated/α-hetero) is 1. The molecular formula is C33H47N7O5S. The van der Waals surface area contributed by atoms with Crippen LogP contribution in [0.1, 0.15) is 58.4 Å². The number of aliphatic hydroxyl groups is 1. The van der Waals surface area contributed by atoms with E-state index in [-0.39, 0.29) is 31.7 Å². The lowest BCUT2D eigenvalue weighted by Gasteiger charge is -2.34. The van der Waals surface area contributed by atoms with Gasteiger partial charge in [0.2, 0.25) is 5.95 Å². The van der Waals surface area contributed by atoms with Crippen LogP contribution >= 0.6 is 13.5 Å². The van der Waals surface area contributed by atoms with E-state index in [4.69, 9.17) is 18.9 Å². The number of piperazine rings is 1. The Morgan fingerprint density at radius 2 is 1.93 bits per heavy atom. The molecule has 13 heteroatoms. The van der Waals surface area contributed by atoms with Gasteiger partial charge < -0.3 is 34.1 Å². The molecule has 3 aromatic rings. The van der Waals surface area contributed by atoms with E-state index >= 15 is 0 Å². The Hall–Kier alpha value is -3.23. The van der Waals surface area contributed by atoms with Crippen molar-refractivity contribution in [3.8, 4) is 5.75 Å². The van der Waals surface area contributed by atoms with Gasteiger partial charge in [-0.2, -0.15) is 18.5 Å². The standard InChI is InChI=1S/C33H45N7O5.H2S/c1-4-38-11-13-40(14-12-38)33-36-28(15-32(37-33)35-25-18-43-19-25)29(42)7-6-26(41)17-39-10-9-27-22(2)30(8-5-24(27)16-39)44-20-31-23(3)34-21-45-31;/h5,8,15,21,25-26,41H,4,6-7,9-14,16-20H2,1-3H3,(H,35,36,37);1H2/t26-;/m0./s1. The molecule has 0 amide bonds. The molecule has 3 aliphatic heterocycles. The molecule has 0 spiro atoms. The normalized spacial score (nSPS) is 18.0. The van der Waals surface area contributed by atoms with Gasteiger partial charge in [-0.15, -0.1) is 0 Å². The van der Waals surface area contributed by atoms with E-state index in [9.17, 15) is 9.90 Å². The molecule has 0 unspecified atom stereocenters. The Morgan fingerprint density at radius 3 is 2.63 bits per heavy atom. The second kappa shape index (κ2) is 15.6. The molecule has 250 valence electrons. The highest BCUT2D eigenvalue weighted by molar-refractivity contribution is 7.59. The maximum atomic E-state index is 13.4. The average molecular weight is 654 g/mol. The van der Waals surface area contributed by atoms with Gasteiger partial charge in [0.1, 0.15) is 23.9 Å². The molecule has 2 aromatic heterocycles. The molecule has 12 nitrogen and oxygen atoms in total. The largest absolute Gasteiger partial charge is 0.485 e. The number of fused-ring (bicyclic) bond motifs is 1. The zero-order valence-electron chi connectivity index (χ0n) is 27.1. The number of ketones is 1. The SMILES string of the molecule is CCN1CCN(c2nc(NC3COC3)cc(C(=O)CC[C@H](O)CN3CCc4c(ccc(OCc5ocnc5C)c4C)C3)n2)CC1.S. The van der Waals surface area contributed by atoms with E-state index in [2.05, 4.69) is 49.9 Å². The number of hydrogen-bond donors (Lipinski definition) is 2. The molecule has 0 bridgehead atoms. The number of carbonyl (C=O) groups is 1. The number of ether oxygens (including phenoxy) is 2. The van der Waals surface area contributed by atoms with Crippen LogP contribution in [-0.2, 0) is 24.3 Å². The second-order valence-corrected chi connectivity index (χ2v) is 12.3. The summed E-state index contributed by atoms with van der Waals surface area (Å²) >= 11 is 0. The lowest BCUT2D eigenvalue weighted by atomic mass is 9.94. The number of carbonyl (C=O) groups excluding carboxylic acids is 1. The number of hydrogen-bond acceptors (Lipinski definition) is 12. The minimum Gasteiger partial charge on any atom is -0.485 e. The van der Waals surface area contributed by atoms with E-state index in [0.717, 1.165) is 75.0 Å². The number of oxazole rings is 1. The van der Waals surface area contributed by atoms with Gasteiger partial charge in [-0.05, 0) is 56.0 Å². The maximum absolute atomic E-state index is 13.4. The molecule has 46 heavy (non-hydrogen) atoms. The van der Waals surface area contributed by atoms with Crippen molar-refractivity contribution in [3.05, 3.63) is 58.4 Å². The highest BCUT2D eigenvalue weighted by Crippen LogP contribution is 2.30. The smallest absolute Gasteiger partial charge is 0.228 e. The summed E-state index contributed by atoms with van der Waals surface area (Å²) < 4.78 is 16.8. The third-order valence-corrected chi connectivity index (χ3v) is 9.19. The van der Waals surface area contributed by atoms with Crippen LogP contribution in [0.15, 0.2) is 29.0 Å². The predicted molar refractivity (Wildman–Crippen MR) is 180 cm³/mol. The van der Waals surface area contributed by atoms with E-state index in [1.54, 1.807) is 6.07 Å². The van der Waals surface area contributed by atoms with Crippen molar-refractivity contribution < 1.29 is 23.8 Å². The number of rotatable bonds is 13. The summed E-state index contributed by atoms with van der Waals surface area (Å²) in [5.41, 5.74) is 4.93. The Balaban J connectivity index is 0.00000417. The van der Waals surface area contributed by atoms with Crippen LogP contribution in [0.2, 0.25) is 0 Å². The third kappa shape index (κ3) is 8.18. The fourth-order valence-electron chi connectivity index (χ4n) is 6.20. The highest BCUT2D eigenvalue weighted by Gasteiger charge is 2.25. The number of aryl methyl sites for hydroxylation is 1. The first-order valence-corrected chi connectivity index (χ1v) is 16.1. The topological polar surface area (TPSA) is 129 Å². The fraction of sp³-hybridized carbons (Fsp3) is 0.576. The molecule has 5 heterocycles. The van der Waals surface area contributed by atoms with Gasteiger partial charge in [0, 0.05) is 58.3 Å².